The van der Waals surface area contributed by atoms with Gasteiger partial charge >= 0.3 is 0 Å². The van der Waals surface area contributed by atoms with Crippen LogP contribution in [0.3, 0.4) is 0 Å². The standard InChI is InChI=1S/C32H32FN3O6S/c1-20-7-14-25(15-8-20)43(40)42-29-22(3)31(38)35(5)30(36(19-37)27-16-9-21(2)17-26(27)33)28(29)32(39)34(4)18-23-10-12-24(41-6)13-11-23/h7-17,19H,18H2,1-6H3. The van der Waals surface area contributed by atoms with Crippen LogP contribution in [-0.2, 0) is 29.5 Å². The van der Waals surface area contributed by atoms with Gasteiger partial charge in [-0.05, 0) is 68.3 Å². The first-order valence-corrected chi connectivity index (χ1v) is 14.3. The fraction of sp³-hybridized carbons (Fsp3) is 0.219. The van der Waals surface area contributed by atoms with Gasteiger partial charge in [0.25, 0.3) is 11.5 Å². The summed E-state index contributed by atoms with van der Waals surface area (Å²) >= 11 is -2.14. The Labute approximate surface area is 251 Å². The Morgan fingerprint density at radius 1 is 1.00 bits per heavy atom. The third-order valence-electron chi connectivity index (χ3n) is 6.94. The maximum Gasteiger partial charge on any atom is 0.261 e. The number of rotatable bonds is 10. The number of ether oxygens (including phenoxy) is 1. The topological polar surface area (TPSA) is 98.2 Å². The Hall–Kier alpha value is -4.77. The predicted octanol–water partition coefficient (Wildman–Crippen LogP) is 5.13. The van der Waals surface area contributed by atoms with Gasteiger partial charge in [-0.3, -0.25) is 23.9 Å². The third kappa shape index (κ3) is 6.51. The quantitative estimate of drug-likeness (QED) is 0.233. The molecule has 11 heteroatoms. The molecule has 224 valence electrons. The van der Waals surface area contributed by atoms with Gasteiger partial charge in [0.15, 0.2) is 5.75 Å². The van der Waals surface area contributed by atoms with E-state index in [1.807, 2.05) is 6.92 Å². The van der Waals surface area contributed by atoms with Crippen LogP contribution in [-0.4, -0.2) is 40.2 Å². The Bertz CT molecular complexity index is 1750. The summed E-state index contributed by atoms with van der Waals surface area (Å²) in [4.78, 5) is 42.8. The lowest BCUT2D eigenvalue weighted by molar-refractivity contribution is -0.106. The van der Waals surface area contributed by atoms with Crippen molar-refractivity contribution in [2.24, 2.45) is 7.05 Å². The van der Waals surface area contributed by atoms with Crippen LogP contribution >= 0.6 is 0 Å². The summed E-state index contributed by atoms with van der Waals surface area (Å²) in [6.07, 6.45) is 0.318. The molecular weight excluding hydrogens is 573 g/mol. The van der Waals surface area contributed by atoms with Gasteiger partial charge in [-0.15, -0.1) is 0 Å². The van der Waals surface area contributed by atoms with Crippen LogP contribution in [0.5, 0.6) is 11.5 Å². The second-order valence-corrected chi connectivity index (χ2v) is 11.2. The van der Waals surface area contributed by atoms with Gasteiger partial charge < -0.3 is 13.8 Å². The number of aromatic nitrogens is 1. The average molecular weight is 606 g/mol. The minimum atomic E-state index is -2.14. The van der Waals surface area contributed by atoms with Gasteiger partial charge in [0.2, 0.25) is 17.5 Å². The van der Waals surface area contributed by atoms with Crippen molar-refractivity contribution in [3.05, 3.63) is 111 Å². The van der Waals surface area contributed by atoms with E-state index in [1.165, 1.54) is 38.1 Å². The lowest BCUT2D eigenvalue weighted by Crippen LogP contribution is -2.35. The van der Waals surface area contributed by atoms with Gasteiger partial charge in [-0.1, -0.05) is 35.9 Å². The number of hydrogen-bond acceptors (Lipinski definition) is 6. The summed E-state index contributed by atoms with van der Waals surface area (Å²) in [7, 11) is 4.45. The molecule has 4 aromatic rings. The summed E-state index contributed by atoms with van der Waals surface area (Å²) in [6.45, 7) is 5.13. The van der Waals surface area contributed by atoms with Gasteiger partial charge in [0.1, 0.15) is 22.9 Å². The fourth-order valence-corrected chi connectivity index (χ4v) is 5.36. The molecule has 1 aromatic heterocycles. The number of aryl methyl sites for hydroxylation is 2. The van der Waals surface area contributed by atoms with Crippen molar-refractivity contribution >= 4 is 34.9 Å². The van der Waals surface area contributed by atoms with Crippen LogP contribution in [0.4, 0.5) is 15.9 Å². The number of benzene rings is 3. The van der Waals surface area contributed by atoms with E-state index >= 15 is 4.39 Å². The molecular formula is C32H32FN3O6S. The molecule has 0 spiro atoms. The van der Waals surface area contributed by atoms with Crippen molar-refractivity contribution in [2.45, 2.75) is 32.2 Å². The van der Waals surface area contributed by atoms with E-state index in [9.17, 15) is 18.6 Å². The van der Waals surface area contributed by atoms with Crippen LogP contribution in [0.15, 0.2) is 76.4 Å². The molecule has 1 atom stereocenters. The number of hydrogen-bond donors (Lipinski definition) is 0. The zero-order valence-corrected chi connectivity index (χ0v) is 25.5. The van der Waals surface area contributed by atoms with E-state index in [4.69, 9.17) is 8.92 Å². The van der Waals surface area contributed by atoms with E-state index in [2.05, 4.69) is 0 Å². The van der Waals surface area contributed by atoms with Crippen molar-refractivity contribution in [3.8, 4) is 11.5 Å². The molecule has 1 heterocycles. The van der Waals surface area contributed by atoms with E-state index < -0.39 is 28.4 Å². The third-order valence-corrected chi connectivity index (χ3v) is 7.92. The van der Waals surface area contributed by atoms with E-state index in [0.717, 1.165) is 20.6 Å². The Morgan fingerprint density at radius 2 is 1.63 bits per heavy atom. The van der Waals surface area contributed by atoms with Crippen LogP contribution in [0, 0.1) is 26.6 Å². The molecule has 4 rings (SSSR count). The first-order chi connectivity index (χ1) is 20.5. The largest absolute Gasteiger partial charge is 0.497 e. The zero-order valence-electron chi connectivity index (χ0n) is 24.7. The molecule has 0 aliphatic rings. The van der Waals surface area contributed by atoms with Crippen molar-refractivity contribution in [1.29, 1.82) is 0 Å². The molecule has 0 fully saturated rings. The minimum absolute atomic E-state index is 0.0110. The molecule has 1 unspecified atom stereocenters. The average Bonchev–Trinajstić information content (AvgIpc) is 2.99. The van der Waals surface area contributed by atoms with Crippen molar-refractivity contribution in [2.75, 3.05) is 19.1 Å². The Morgan fingerprint density at radius 3 is 2.21 bits per heavy atom. The van der Waals surface area contributed by atoms with Crippen molar-refractivity contribution in [3.63, 3.8) is 0 Å². The molecule has 0 aliphatic carbocycles. The van der Waals surface area contributed by atoms with E-state index in [1.54, 1.807) is 68.6 Å². The molecule has 0 saturated heterocycles. The number of carbonyl (C=O) groups excluding carboxylic acids is 2. The summed E-state index contributed by atoms with van der Waals surface area (Å²) in [5, 5.41) is 0. The predicted molar refractivity (Wildman–Crippen MR) is 163 cm³/mol. The lowest BCUT2D eigenvalue weighted by Gasteiger charge is -2.28. The highest BCUT2D eigenvalue weighted by Gasteiger charge is 2.33. The SMILES string of the molecule is COc1ccc(CN(C)C(=O)c2c(OS(=O)c3ccc(C)cc3)c(C)c(=O)n(C)c2N(C=O)c2ccc(C)cc2F)cc1. The molecule has 0 aliphatic heterocycles. The second-order valence-electron chi connectivity index (χ2n) is 10.1. The molecule has 0 saturated carbocycles. The van der Waals surface area contributed by atoms with Crippen molar-refractivity contribution in [1.82, 2.24) is 9.47 Å². The smallest absolute Gasteiger partial charge is 0.261 e. The summed E-state index contributed by atoms with van der Waals surface area (Å²) in [5.74, 6) is -1.26. The van der Waals surface area contributed by atoms with Gasteiger partial charge in [0.05, 0.1) is 23.3 Å². The van der Waals surface area contributed by atoms with Crippen molar-refractivity contribution < 1.29 is 27.1 Å². The van der Waals surface area contributed by atoms with Gasteiger partial charge in [0, 0.05) is 20.6 Å². The van der Waals surface area contributed by atoms with Gasteiger partial charge in [-0.25, -0.2) is 8.60 Å². The maximum absolute atomic E-state index is 15.2. The fourth-order valence-electron chi connectivity index (χ4n) is 4.55. The van der Waals surface area contributed by atoms with Crippen LogP contribution in [0.1, 0.15) is 32.6 Å². The number of halogens is 1. The number of carbonyl (C=O) groups is 2. The monoisotopic (exact) mass is 605 g/mol. The molecule has 9 nitrogen and oxygen atoms in total. The molecule has 0 N–H and O–H groups in total. The highest BCUT2D eigenvalue weighted by molar-refractivity contribution is 7.80. The molecule has 0 radical (unpaired) electrons. The number of amides is 2. The van der Waals surface area contributed by atoms with Crippen LogP contribution in [0.25, 0.3) is 0 Å². The minimum Gasteiger partial charge on any atom is -0.497 e. The molecule has 43 heavy (non-hydrogen) atoms. The van der Waals surface area contributed by atoms with Crippen LogP contribution in [0.2, 0.25) is 0 Å². The lowest BCUT2D eigenvalue weighted by atomic mass is 10.1. The molecule has 2 amide bonds. The number of anilines is 2. The van der Waals surface area contributed by atoms with Gasteiger partial charge in [-0.2, -0.15) is 0 Å². The zero-order chi connectivity index (χ0) is 31.4. The summed E-state index contributed by atoms with van der Waals surface area (Å²) in [5.41, 5.74) is 1.26. The first kappa shape index (κ1) is 31.2. The molecule has 0 bridgehead atoms. The number of nitrogens with zero attached hydrogens (tertiary/aromatic N) is 3. The maximum atomic E-state index is 15.2. The summed E-state index contributed by atoms with van der Waals surface area (Å²) in [6, 6.07) is 18.0. The summed E-state index contributed by atoms with van der Waals surface area (Å²) < 4.78 is 40.8. The Balaban J connectivity index is 1.93. The second kappa shape index (κ2) is 13.0. The van der Waals surface area contributed by atoms with E-state index in [-0.39, 0.29) is 34.9 Å². The first-order valence-electron chi connectivity index (χ1n) is 13.3. The van der Waals surface area contributed by atoms with E-state index in [0.29, 0.717) is 22.6 Å². The Kier molecular flexibility index (Phi) is 9.45. The normalized spacial score (nSPS) is 11.5. The number of methoxy groups -OCH3 is 1. The van der Waals surface area contributed by atoms with Crippen LogP contribution < -0.4 is 19.4 Å². The molecule has 3 aromatic carbocycles. The number of pyridine rings is 1. The highest BCUT2D eigenvalue weighted by atomic mass is 32.2. The highest BCUT2D eigenvalue weighted by Crippen LogP contribution is 2.37.